The zero-order valence-corrected chi connectivity index (χ0v) is 19.8. The van der Waals surface area contributed by atoms with Gasteiger partial charge >= 0.3 is 0 Å². The number of hydrogen-bond donors (Lipinski definition) is 0. The van der Waals surface area contributed by atoms with E-state index in [1.165, 1.54) is 38.4 Å². The Morgan fingerprint density at radius 1 is 0.531 bits per heavy atom. The van der Waals surface area contributed by atoms with Crippen molar-refractivity contribution >= 4 is 24.2 Å². The lowest BCUT2D eigenvalue weighted by molar-refractivity contribution is 1.41. The van der Waals surface area contributed by atoms with Gasteiger partial charge in [0.1, 0.15) is 0 Å². The summed E-state index contributed by atoms with van der Waals surface area (Å²) in [4.78, 5) is 5.27. The molecule has 32 heavy (non-hydrogen) atoms. The van der Waals surface area contributed by atoms with Gasteiger partial charge < -0.3 is 0 Å². The molecule has 0 atom stereocenters. The summed E-state index contributed by atoms with van der Waals surface area (Å²) >= 11 is 0. The molecule has 0 saturated heterocycles. The fourth-order valence-electron chi connectivity index (χ4n) is 4.53. The Morgan fingerprint density at radius 3 is 1.78 bits per heavy atom. The summed E-state index contributed by atoms with van der Waals surface area (Å²) in [7, 11) is -1.76. The van der Waals surface area contributed by atoms with E-state index in [0.717, 1.165) is 11.2 Å². The van der Waals surface area contributed by atoms with Gasteiger partial charge in [0.05, 0.1) is 19.3 Å². The Morgan fingerprint density at radius 2 is 1.09 bits per heavy atom. The van der Waals surface area contributed by atoms with Crippen LogP contribution in [-0.4, -0.2) is 13.1 Å². The number of para-hydroxylation sites is 1. The minimum absolute atomic E-state index is 1.05. The van der Waals surface area contributed by atoms with Gasteiger partial charge in [-0.1, -0.05) is 117 Å². The van der Waals surface area contributed by atoms with E-state index in [1.54, 1.807) is 0 Å². The molecule has 156 valence electrons. The first kappa shape index (κ1) is 20.4. The normalized spacial score (nSPS) is 11.6. The van der Waals surface area contributed by atoms with Crippen LogP contribution in [0.3, 0.4) is 0 Å². The first-order chi connectivity index (χ1) is 15.5. The molecule has 0 N–H and O–H groups in total. The topological polar surface area (TPSA) is 12.9 Å². The molecule has 0 aliphatic carbocycles. The summed E-state index contributed by atoms with van der Waals surface area (Å²) in [6, 6.07) is 38.8. The second kappa shape index (κ2) is 8.21. The van der Waals surface area contributed by atoms with Crippen LogP contribution >= 0.6 is 0 Å². The highest BCUT2D eigenvalue weighted by molar-refractivity contribution is 6.91. The first-order valence-electron chi connectivity index (χ1n) is 11.2. The third-order valence-corrected chi connectivity index (χ3v) is 7.93. The average molecular weight is 430 g/mol. The lowest BCUT2D eigenvalue weighted by atomic mass is 9.96. The van der Waals surface area contributed by atoms with Gasteiger partial charge in [-0.25, -0.2) is 4.98 Å². The summed E-state index contributed by atoms with van der Waals surface area (Å²) < 4.78 is 0. The number of rotatable bonds is 4. The number of nitrogens with zero attached hydrogens (tertiary/aromatic N) is 1. The molecule has 0 spiro atoms. The van der Waals surface area contributed by atoms with E-state index in [9.17, 15) is 0 Å². The monoisotopic (exact) mass is 429 g/mol. The summed E-state index contributed by atoms with van der Waals surface area (Å²) in [5.41, 5.74) is 8.42. The van der Waals surface area contributed by atoms with E-state index < -0.39 is 8.07 Å². The van der Waals surface area contributed by atoms with Gasteiger partial charge in [-0.2, -0.15) is 0 Å². The molecule has 5 rings (SSSR count). The molecule has 0 unspecified atom stereocenters. The van der Waals surface area contributed by atoms with E-state index >= 15 is 0 Å². The van der Waals surface area contributed by atoms with Crippen LogP contribution in [0.2, 0.25) is 19.6 Å². The van der Waals surface area contributed by atoms with Crippen LogP contribution in [0.4, 0.5) is 0 Å². The first-order valence-corrected chi connectivity index (χ1v) is 14.7. The van der Waals surface area contributed by atoms with Crippen molar-refractivity contribution in [2.45, 2.75) is 19.6 Å². The highest BCUT2D eigenvalue weighted by Gasteiger charge is 2.28. The lowest BCUT2D eigenvalue weighted by Crippen LogP contribution is -2.41. The zero-order chi connectivity index (χ0) is 22.1. The maximum absolute atomic E-state index is 5.27. The van der Waals surface area contributed by atoms with Crippen molar-refractivity contribution in [2.75, 3.05) is 0 Å². The molecule has 0 radical (unpaired) electrons. The largest absolute Gasteiger partial charge is 0.248 e. The molecular formula is C30H27NSi. The molecule has 0 saturated carbocycles. The Kier molecular flexibility index (Phi) is 5.24. The number of fused-ring (bicyclic) bond motifs is 1. The molecule has 0 bridgehead atoms. The molecular weight excluding hydrogens is 402 g/mol. The Hall–Kier alpha value is -3.49. The van der Waals surface area contributed by atoms with Gasteiger partial charge in [-0.15, -0.1) is 0 Å². The Bertz CT molecular complexity index is 1380. The second-order valence-electron chi connectivity index (χ2n) is 9.29. The van der Waals surface area contributed by atoms with Crippen LogP contribution in [0.1, 0.15) is 0 Å². The van der Waals surface area contributed by atoms with E-state index in [1.807, 2.05) is 0 Å². The van der Waals surface area contributed by atoms with Gasteiger partial charge in [0.25, 0.3) is 0 Å². The van der Waals surface area contributed by atoms with Crippen molar-refractivity contribution < 1.29 is 0 Å². The fraction of sp³-hybridized carbons (Fsp3) is 0.100. The molecule has 5 aromatic rings. The van der Waals surface area contributed by atoms with Crippen LogP contribution < -0.4 is 5.19 Å². The standard InChI is InChI=1S/C30H27NSi/c1-32(2,3)30-28(23-15-8-5-9-16-23)26-19-10-11-20-27(26)31-29(30)25-18-12-17-24(21-25)22-13-6-4-7-14-22/h4-21H,1-3H3. The number of pyridine rings is 1. The maximum Gasteiger partial charge on any atom is 0.0813 e. The predicted octanol–water partition coefficient (Wildman–Crippen LogP) is 7.78. The van der Waals surface area contributed by atoms with Crippen molar-refractivity contribution in [3.63, 3.8) is 0 Å². The van der Waals surface area contributed by atoms with Crippen molar-refractivity contribution in [2.24, 2.45) is 0 Å². The van der Waals surface area contributed by atoms with E-state index in [0.29, 0.717) is 0 Å². The second-order valence-corrected chi connectivity index (χ2v) is 14.3. The summed E-state index contributed by atoms with van der Waals surface area (Å²) in [5.74, 6) is 0. The third kappa shape index (κ3) is 3.78. The van der Waals surface area contributed by atoms with Gasteiger partial charge in [0.15, 0.2) is 0 Å². The van der Waals surface area contributed by atoms with Gasteiger partial charge in [-0.3, -0.25) is 0 Å². The van der Waals surface area contributed by atoms with Crippen LogP contribution in [0.15, 0.2) is 109 Å². The lowest BCUT2D eigenvalue weighted by Gasteiger charge is -2.26. The van der Waals surface area contributed by atoms with E-state index in [4.69, 9.17) is 4.98 Å². The molecule has 1 nitrogen and oxygen atoms in total. The molecule has 0 aliphatic rings. The van der Waals surface area contributed by atoms with Crippen molar-refractivity contribution in [1.82, 2.24) is 4.98 Å². The van der Waals surface area contributed by atoms with Crippen LogP contribution in [0, 0.1) is 0 Å². The molecule has 0 aliphatic heterocycles. The number of hydrogen-bond acceptors (Lipinski definition) is 1. The molecule has 1 heterocycles. The summed E-state index contributed by atoms with van der Waals surface area (Å²) in [6.45, 7) is 7.28. The third-order valence-electron chi connectivity index (χ3n) is 5.95. The molecule has 0 amide bonds. The van der Waals surface area contributed by atoms with Crippen LogP contribution in [-0.2, 0) is 0 Å². The van der Waals surface area contributed by atoms with Crippen molar-refractivity contribution in [3.05, 3.63) is 109 Å². The minimum Gasteiger partial charge on any atom is -0.248 e. The van der Waals surface area contributed by atoms with Crippen LogP contribution in [0.25, 0.3) is 44.4 Å². The van der Waals surface area contributed by atoms with Crippen LogP contribution in [0.5, 0.6) is 0 Å². The van der Waals surface area contributed by atoms with Gasteiger partial charge in [0.2, 0.25) is 0 Å². The van der Waals surface area contributed by atoms with Crippen molar-refractivity contribution in [1.29, 1.82) is 0 Å². The van der Waals surface area contributed by atoms with Gasteiger partial charge in [-0.05, 0) is 39.6 Å². The SMILES string of the molecule is C[Si](C)(C)c1c(-c2cccc(-c3ccccc3)c2)nc2ccccc2c1-c1ccccc1. The highest BCUT2D eigenvalue weighted by Crippen LogP contribution is 2.34. The van der Waals surface area contributed by atoms with E-state index in [2.05, 4.69) is 129 Å². The quantitative estimate of drug-likeness (QED) is 0.266. The average Bonchev–Trinajstić information content (AvgIpc) is 2.83. The molecule has 4 aromatic carbocycles. The summed E-state index contributed by atoms with van der Waals surface area (Å²) in [6.07, 6.45) is 0. The maximum atomic E-state index is 5.27. The Labute approximate surface area is 191 Å². The zero-order valence-electron chi connectivity index (χ0n) is 18.8. The number of benzene rings is 4. The summed E-state index contributed by atoms with van der Waals surface area (Å²) in [5, 5.41) is 2.66. The highest BCUT2D eigenvalue weighted by atomic mass is 28.3. The fourth-order valence-corrected chi connectivity index (χ4v) is 6.47. The Balaban J connectivity index is 1.85. The molecule has 1 aromatic heterocycles. The van der Waals surface area contributed by atoms with Crippen molar-refractivity contribution in [3.8, 4) is 33.5 Å². The van der Waals surface area contributed by atoms with Gasteiger partial charge in [0, 0.05) is 10.9 Å². The minimum atomic E-state index is -1.76. The predicted molar refractivity (Wildman–Crippen MR) is 141 cm³/mol. The molecule has 0 fully saturated rings. The molecule has 2 heteroatoms. The van der Waals surface area contributed by atoms with E-state index in [-0.39, 0.29) is 0 Å². The smallest absolute Gasteiger partial charge is 0.0813 e. The number of aromatic nitrogens is 1.